The third kappa shape index (κ3) is 4.47. The van der Waals surface area contributed by atoms with Crippen LogP contribution in [0, 0.1) is 0 Å². The van der Waals surface area contributed by atoms with E-state index >= 15 is 0 Å². The first-order valence-electron chi connectivity index (χ1n) is 6.97. The van der Waals surface area contributed by atoms with Crippen LogP contribution in [0.1, 0.15) is 23.2 Å². The number of piperidine rings is 1. The summed E-state index contributed by atoms with van der Waals surface area (Å²) in [6.07, 6.45) is 1.98. The van der Waals surface area contributed by atoms with Crippen LogP contribution in [0.25, 0.3) is 0 Å². The Morgan fingerprint density at radius 2 is 2.00 bits per heavy atom. The molecule has 1 fully saturated rings. The van der Waals surface area contributed by atoms with Crippen molar-refractivity contribution in [2.45, 2.75) is 18.9 Å². The molecular formula is C15H21ClN2O2. The van der Waals surface area contributed by atoms with Crippen LogP contribution in [0.3, 0.4) is 0 Å². The number of hydrogen-bond donors (Lipinski definition) is 1. The molecule has 0 atom stereocenters. The van der Waals surface area contributed by atoms with Gasteiger partial charge in [0, 0.05) is 43.4 Å². The first-order valence-corrected chi connectivity index (χ1v) is 7.34. The lowest BCUT2D eigenvalue weighted by Gasteiger charge is -2.32. The van der Waals surface area contributed by atoms with Crippen LogP contribution in [0.5, 0.6) is 0 Å². The minimum Gasteiger partial charge on any atom is -0.383 e. The molecule has 1 N–H and O–H groups in total. The van der Waals surface area contributed by atoms with Gasteiger partial charge in [0.05, 0.1) is 6.61 Å². The van der Waals surface area contributed by atoms with Crippen LogP contribution in [0.4, 0.5) is 0 Å². The molecule has 0 saturated carbocycles. The predicted octanol–water partition coefficient (Wildman–Crippen LogP) is 2.18. The van der Waals surface area contributed by atoms with Crippen LogP contribution >= 0.6 is 11.6 Å². The van der Waals surface area contributed by atoms with Crippen molar-refractivity contribution in [3.05, 3.63) is 34.9 Å². The molecule has 5 heteroatoms. The number of methoxy groups -OCH3 is 1. The molecule has 0 aromatic heterocycles. The van der Waals surface area contributed by atoms with E-state index in [2.05, 4.69) is 10.2 Å². The van der Waals surface area contributed by atoms with Gasteiger partial charge in [0.25, 0.3) is 5.91 Å². The number of amides is 1. The van der Waals surface area contributed by atoms with E-state index in [-0.39, 0.29) is 11.9 Å². The third-order valence-corrected chi connectivity index (χ3v) is 3.89. The molecule has 0 bridgehead atoms. The molecule has 1 amide bonds. The number of nitrogens with zero attached hydrogens (tertiary/aromatic N) is 1. The van der Waals surface area contributed by atoms with E-state index in [1.807, 2.05) is 0 Å². The Kier molecular flexibility index (Phi) is 5.83. The molecule has 1 aromatic carbocycles. The summed E-state index contributed by atoms with van der Waals surface area (Å²) in [6.45, 7) is 3.75. The van der Waals surface area contributed by atoms with Crippen molar-refractivity contribution in [1.82, 2.24) is 10.2 Å². The summed E-state index contributed by atoms with van der Waals surface area (Å²) in [4.78, 5) is 14.5. The highest BCUT2D eigenvalue weighted by Gasteiger charge is 2.20. The normalized spacial score (nSPS) is 17.1. The maximum Gasteiger partial charge on any atom is 0.251 e. The van der Waals surface area contributed by atoms with Crippen molar-refractivity contribution >= 4 is 17.5 Å². The molecule has 0 unspecified atom stereocenters. The molecule has 110 valence electrons. The molecule has 1 aromatic rings. The molecule has 2 rings (SSSR count). The summed E-state index contributed by atoms with van der Waals surface area (Å²) in [7, 11) is 1.72. The molecule has 1 aliphatic heterocycles. The Morgan fingerprint density at radius 1 is 1.35 bits per heavy atom. The van der Waals surface area contributed by atoms with Crippen molar-refractivity contribution in [1.29, 1.82) is 0 Å². The Balaban J connectivity index is 1.77. The number of ether oxygens (including phenoxy) is 1. The van der Waals surface area contributed by atoms with Gasteiger partial charge in [-0.25, -0.2) is 0 Å². The molecule has 0 radical (unpaired) electrons. The van der Waals surface area contributed by atoms with Crippen LogP contribution in [-0.2, 0) is 4.74 Å². The summed E-state index contributed by atoms with van der Waals surface area (Å²) in [5, 5.41) is 3.74. The Labute approximate surface area is 125 Å². The van der Waals surface area contributed by atoms with Gasteiger partial charge in [-0.3, -0.25) is 4.79 Å². The maximum absolute atomic E-state index is 12.1. The number of nitrogens with one attached hydrogen (secondary N) is 1. The molecule has 20 heavy (non-hydrogen) atoms. The van der Waals surface area contributed by atoms with E-state index < -0.39 is 0 Å². The number of halogens is 1. The van der Waals surface area contributed by atoms with Gasteiger partial charge in [-0.15, -0.1) is 0 Å². The monoisotopic (exact) mass is 296 g/mol. The maximum atomic E-state index is 12.1. The van der Waals surface area contributed by atoms with E-state index in [0.717, 1.165) is 39.1 Å². The predicted molar refractivity (Wildman–Crippen MR) is 80.3 cm³/mol. The van der Waals surface area contributed by atoms with E-state index in [1.54, 1.807) is 31.4 Å². The summed E-state index contributed by atoms with van der Waals surface area (Å²) in [5.74, 6) is -0.0167. The second kappa shape index (κ2) is 7.62. The molecule has 1 saturated heterocycles. The lowest BCUT2D eigenvalue weighted by Crippen LogP contribution is -2.45. The first-order chi connectivity index (χ1) is 9.69. The van der Waals surface area contributed by atoms with Gasteiger partial charge in [-0.2, -0.15) is 0 Å². The fourth-order valence-electron chi connectivity index (χ4n) is 2.39. The van der Waals surface area contributed by atoms with E-state index in [1.165, 1.54) is 0 Å². The Bertz CT molecular complexity index is 428. The topological polar surface area (TPSA) is 41.6 Å². The number of rotatable bonds is 5. The summed E-state index contributed by atoms with van der Waals surface area (Å²) in [5.41, 5.74) is 0.663. The first kappa shape index (κ1) is 15.3. The number of hydrogen-bond acceptors (Lipinski definition) is 3. The van der Waals surface area contributed by atoms with Gasteiger partial charge in [0.2, 0.25) is 0 Å². The summed E-state index contributed by atoms with van der Waals surface area (Å²) >= 11 is 5.82. The SMILES string of the molecule is COCCN1CCC(NC(=O)c2ccc(Cl)cc2)CC1. The Morgan fingerprint density at radius 3 is 2.60 bits per heavy atom. The Hall–Kier alpha value is -1.10. The molecule has 1 aliphatic rings. The zero-order chi connectivity index (χ0) is 14.4. The van der Waals surface area contributed by atoms with E-state index in [4.69, 9.17) is 16.3 Å². The van der Waals surface area contributed by atoms with Gasteiger partial charge in [0.15, 0.2) is 0 Å². The smallest absolute Gasteiger partial charge is 0.251 e. The van der Waals surface area contributed by atoms with Gasteiger partial charge in [-0.1, -0.05) is 11.6 Å². The number of benzene rings is 1. The lowest BCUT2D eigenvalue weighted by atomic mass is 10.0. The molecule has 0 spiro atoms. The van der Waals surface area contributed by atoms with Gasteiger partial charge in [0.1, 0.15) is 0 Å². The van der Waals surface area contributed by atoms with Crippen molar-refractivity contribution < 1.29 is 9.53 Å². The van der Waals surface area contributed by atoms with Gasteiger partial charge in [-0.05, 0) is 37.1 Å². The molecule has 0 aliphatic carbocycles. The van der Waals surface area contributed by atoms with Crippen LogP contribution in [0.2, 0.25) is 5.02 Å². The average molecular weight is 297 g/mol. The second-order valence-electron chi connectivity index (χ2n) is 5.09. The van der Waals surface area contributed by atoms with Crippen molar-refractivity contribution in [2.24, 2.45) is 0 Å². The van der Waals surface area contributed by atoms with Crippen LogP contribution < -0.4 is 5.32 Å². The van der Waals surface area contributed by atoms with Crippen molar-refractivity contribution in [3.8, 4) is 0 Å². The molecule has 1 heterocycles. The highest BCUT2D eigenvalue weighted by molar-refractivity contribution is 6.30. The largest absolute Gasteiger partial charge is 0.383 e. The number of likely N-dealkylation sites (tertiary alicyclic amines) is 1. The lowest BCUT2D eigenvalue weighted by molar-refractivity contribution is 0.0893. The number of carbonyl (C=O) groups is 1. The average Bonchev–Trinajstić information content (AvgIpc) is 2.47. The third-order valence-electron chi connectivity index (χ3n) is 3.64. The van der Waals surface area contributed by atoms with Crippen LogP contribution in [0.15, 0.2) is 24.3 Å². The molecule has 4 nitrogen and oxygen atoms in total. The fraction of sp³-hybridized carbons (Fsp3) is 0.533. The standard InChI is InChI=1S/C15H21ClN2O2/c1-20-11-10-18-8-6-14(7-9-18)17-15(19)12-2-4-13(16)5-3-12/h2-5,14H,6-11H2,1H3,(H,17,19). The van der Waals surface area contributed by atoms with E-state index in [0.29, 0.717) is 10.6 Å². The fourth-order valence-corrected chi connectivity index (χ4v) is 2.52. The molecular weight excluding hydrogens is 276 g/mol. The highest BCUT2D eigenvalue weighted by Crippen LogP contribution is 2.13. The minimum atomic E-state index is -0.0167. The highest BCUT2D eigenvalue weighted by atomic mass is 35.5. The quantitative estimate of drug-likeness (QED) is 0.905. The summed E-state index contributed by atoms with van der Waals surface area (Å²) < 4.78 is 5.08. The van der Waals surface area contributed by atoms with Gasteiger partial charge < -0.3 is 15.0 Å². The zero-order valence-corrected chi connectivity index (χ0v) is 12.5. The second-order valence-corrected chi connectivity index (χ2v) is 5.53. The van der Waals surface area contributed by atoms with Gasteiger partial charge >= 0.3 is 0 Å². The van der Waals surface area contributed by atoms with Crippen molar-refractivity contribution in [3.63, 3.8) is 0 Å². The minimum absolute atomic E-state index is 0.0167. The number of carbonyl (C=O) groups excluding carboxylic acids is 1. The summed E-state index contributed by atoms with van der Waals surface area (Å²) in [6, 6.07) is 7.25. The van der Waals surface area contributed by atoms with Crippen LogP contribution in [-0.4, -0.2) is 50.2 Å². The zero-order valence-electron chi connectivity index (χ0n) is 11.8. The van der Waals surface area contributed by atoms with E-state index in [9.17, 15) is 4.79 Å². The van der Waals surface area contributed by atoms with Crippen molar-refractivity contribution in [2.75, 3.05) is 33.4 Å².